The van der Waals surface area contributed by atoms with Gasteiger partial charge in [0.05, 0.1) is 37.6 Å². The molecule has 3 rings (SSSR count). The summed E-state index contributed by atoms with van der Waals surface area (Å²) in [7, 11) is 0. The van der Waals surface area contributed by atoms with E-state index in [2.05, 4.69) is 13.2 Å². The second-order valence-corrected chi connectivity index (χ2v) is 20.4. The summed E-state index contributed by atoms with van der Waals surface area (Å²) in [5, 5.41) is 0. The van der Waals surface area contributed by atoms with Crippen molar-refractivity contribution in [1.82, 2.24) is 0 Å². The Hall–Kier alpha value is -5.52. The van der Waals surface area contributed by atoms with Gasteiger partial charge < -0.3 is 28.4 Å². The van der Waals surface area contributed by atoms with Gasteiger partial charge in [0.15, 0.2) is 11.6 Å². The van der Waals surface area contributed by atoms with Crippen LogP contribution in [-0.4, -0.2) is 50.3 Å². The minimum atomic E-state index is -1.19. The maximum absolute atomic E-state index is 15.0. The molecule has 0 aliphatic carbocycles. The van der Waals surface area contributed by atoms with Crippen molar-refractivity contribution < 1.29 is 56.4 Å². The standard InChI is InChI=1S/C64H92F2O10/c1-51(2)61(67)73-47-35-31-27-23-19-15-11-7-5-9-13-17-21-25-29-33-45-71-55-41-37-53(38-42-55)63(69)75-57-49-58(65)60(59(66)50-57)76-64(70)54-39-43-56(44-40-54)72-46-34-30-26-22-18-14-10-6-8-12-16-20-24-28-32-36-48-74-62(68)52(3)4/h37-44,49-50H,1,3,5-36,45-48H2,2,4H3. The molecule has 0 amide bonds. The molecule has 0 fully saturated rings. The normalized spacial score (nSPS) is 11.0. The fourth-order valence-electron chi connectivity index (χ4n) is 8.70. The second kappa shape index (κ2) is 41.6. The molecule has 0 spiro atoms. The summed E-state index contributed by atoms with van der Waals surface area (Å²) in [6.45, 7) is 12.6. The summed E-state index contributed by atoms with van der Waals surface area (Å²) in [5.41, 5.74) is 1.18. The fourth-order valence-corrected chi connectivity index (χ4v) is 8.70. The molecule has 0 saturated carbocycles. The van der Waals surface area contributed by atoms with Crippen LogP contribution in [0, 0.1) is 11.6 Å². The highest BCUT2D eigenvalue weighted by molar-refractivity contribution is 5.92. The predicted molar refractivity (Wildman–Crippen MR) is 299 cm³/mol. The van der Waals surface area contributed by atoms with Crippen molar-refractivity contribution in [1.29, 1.82) is 0 Å². The summed E-state index contributed by atoms with van der Waals surface area (Å²) in [6, 6.07) is 14.2. The van der Waals surface area contributed by atoms with Crippen LogP contribution in [0.3, 0.4) is 0 Å². The lowest BCUT2D eigenvalue weighted by Crippen LogP contribution is -2.12. The molecule has 10 nitrogen and oxygen atoms in total. The summed E-state index contributed by atoms with van der Waals surface area (Å²) in [6.07, 6.45) is 38.5. The van der Waals surface area contributed by atoms with Gasteiger partial charge in [0.2, 0.25) is 5.75 Å². The van der Waals surface area contributed by atoms with Crippen molar-refractivity contribution >= 4 is 23.9 Å². The number of halogens is 2. The van der Waals surface area contributed by atoms with Gasteiger partial charge >= 0.3 is 23.9 Å². The van der Waals surface area contributed by atoms with Crippen molar-refractivity contribution in [3.05, 3.63) is 108 Å². The van der Waals surface area contributed by atoms with Gasteiger partial charge in [-0.15, -0.1) is 0 Å². The lowest BCUT2D eigenvalue weighted by Gasteiger charge is -2.11. The zero-order valence-corrected chi connectivity index (χ0v) is 46.5. The third kappa shape index (κ3) is 30.9. The number of carbonyl (C=O) groups is 4. The van der Waals surface area contributed by atoms with E-state index in [0.29, 0.717) is 49.1 Å². The van der Waals surface area contributed by atoms with E-state index in [-0.39, 0.29) is 28.8 Å². The molecule has 3 aromatic rings. The molecule has 422 valence electrons. The Balaban J connectivity index is 1.15. The number of esters is 4. The van der Waals surface area contributed by atoms with Crippen LogP contribution in [0.2, 0.25) is 0 Å². The minimum Gasteiger partial charge on any atom is -0.494 e. The molecule has 0 aliphatic heterocycles. The van der Waals surface area contributed by atoms with E-state index < -0.39 is 29.3 Å². The second-order valence-electron chi connectivity index (χ2n) is 20.4. The van der Waals surface area contributed by atoms with Gasteiger partial charge in [0.1, 0.15) is 17.2 Å². The van der Waals surface area contributed by atoms with Crippen LogP contribution in [0.4, 0.5) is 8.78 Å². The zero-order chi connectivity index (χ0) is 54.9. The van der Waals surface area contributed by atoms with Crippen LogP contribution in [0.15, 0.2) is 85.0 Å². The molecule has 0 radical (unpaired) electrons. The monoisotopic (exact) mass is 1060 g/mol. The molecule has 12 heteroatoms. The average Bonchev–Trinajstić information content (AvgIpc) is 3.40. The topological polar surface area (TPSA) is 124 Å². The maximum atomic E-state index is 15.0. The van der Waals surface area contributed by atoms with E-state index in [1.165, 1.54) is 178 Å². The first-order valence-electron chi connectivity index (χ1n) is 29.0. The Morgan fingerprint density at radius 3 is 0.882 bits per heavy atom. The summed E-state index contributed by atoms with van der Waals surface area (Å²) in [4.78, 5) is 48.3. The number of ether oxygens (including phenoxy) is 6. The summed E-state index contributed by atoms with van der Waals surface area (Å²) in [5.74, 6) is -4.79. The zero-order valence-electron chi connectivity index (χ0n) is 46.5. The number of rotatable bonds is 46. The molecular weight excluding hydrogens is 967 g/mol. The van der Waals surface area contributed by atoms with Crippen LogP contribution < -0.4 is 18.9 Å². The van der Waals surface area contributed by atoms with Gasteiger partial charge in [-0.1, -0.05) is 193 Å². The Kier molecular flexibility index (Phi) is 35.5. The highest BCUT2D eigenvalue weighted by atomic mass is 19.1. The Labute approximate surface area is 455 Å². The number of carbonyl (C=O) groups excluding carboxylic acids is 4. The van der Waals surface area contributed by atoms with E-state index in [1.54, 1.807) is 38.1 Å². The van der Waals surface area contributed by atoms with Gasteiger partial charge in [-0.25, -0.2) is 28.0 Å². The van der Waals surface area contributed by atoms with Crippen LogP contribution >= 0.6 is 0 Å². The van der Waals surface area contributed by atoms with E-state index >= 15 is 8.78 Å². The SMILES string of the molecule is C=C(C)C(=O)OCCCCCCCCCCCCCCCCCCOc1ccc(C(=O)Oc2cc(F)c(OC(=O)c3ccc(OCCCCCCCCCCCCCCCCCCOC(=O)C(=C)C)cc3)c(F)c2)cc1. The van der Waals surface area contributed by atoms with E-state index in [0.717, 1.165) is 63.5 Å². The Bertz CT molecular complexity index is 2080. The number of unbranched alkanes of at least 4 members (excludes halogenated alkanes) is 30. The van der Waals surface area contributed by atoms with Crippen molar-refractivity contribution in [2.75, 3.05) is 26.4 Å². The molecule has 0 unspecified atom stereocenters. The van der Waals surface area contributed by atoms with Gasteiger partial charge in [-0.2, -0.15) is 0 Å². The molecule has 76 heavy (non-hydrogen) atoms. The molecule has 3 aromatic carbocycles. The van der Waals surface area contributed by atoms with Gasteiger partial charge in [-0.05, 0) is 88.1 Å². The van der Waals surface area contributed by atoms with Gasteiger partial charge in [0, 0.05) is 23.3 Å². The predicted octanol–water partition coefficient (Wildman–Crippen LogP) is 17.9. The summed E-state index contributed by atoms with van der Waals surface area (Å²) >= 11 is 0. The molecule has 0 bridgehead atoms. The van der Waals surface area contributed by atoms with Crippen molar-refractivity contribution in [3.8, 4) is 23.0 Å². The number of hydrogen-bond donors (Lipinski definition) is 0. The van der Waals surface area contributed by atoms with Crippen molar-refractivity contribution in [3.63, 3.8) is 0 Å². The quantitative estimate of drug-likeness (QED) is 0.0234. The smallest absolute Gasteiger partial charge is 0.343 e. The largest absolute Gasteiger partial charge is 0.494 e. The van der Waals surface area contributed by atoms with Crippen LogP contribution in [0.1, 0.15) is 240 Å². The van der Waals surface area contributed by atoms with Crippen LogP contribution in [0.25, 0.3) is 0 Å². The Morgan fingerprint density at radius 2 is 0.605 bits per heavy atom. The third-order valence-electron chi connectivity index (χ3n) is 13.3. The maximum Gasteiger partial charge on any atom is 0.343 e. The first-order valence-corrected chi connectivity index (χ1v) is 29.0. The van der Waals surface area contributed by atoms with Crippen LogP contribution in [-0.2, 0) is 19.1 Å². The first-order chi connectivity index (χ1) is 36.9. The molecule has 0 N–H and O–H groups in total. The van der Waals surface area contributed by atoms with Crippen molar-refractivity contribution in [2.24, 2.45) is 0 Å². The minimum absolute atomic E-state index is 0.0933. The molecule has 0 heterocycles. The number of hydrogen-bond acceptors (Lipinski definition) is 10. The molecule has 0 aromatic heterocycles. The lowest BCUT2D eigenvalue weighted by atomic mass is 10.0. The summed E-state index contributed by atoms with van der Waals surface area (Å²) < 4.78 is 62.3. The molecule has 0 atom stereocenters. The molecule has 0 aliphatic rings. The highest BCUT2D eigenvalue weighted by Gasteiger charge is 2.20. The fraction of sp³-hybridized carbons (Fsp3) is 0.594. The molecule has 0 saturated heterocycles. The van der Waals surface area contributed by atoms with E-state index in [1.807, 2.05) is 0 Å². The van der Waals surface area contributed by atoms with E-state index in [4.69, 9.17) is 28.4 Å². The highest BCUT2D eigenvalue weighted by Crippen LogP contribution is 2.29. The average molecular weight is 1060 g/mol. The van der Waals surface area contributed by atoms with Gasteiger partial charge in [0.25, 0.3) is 0 Å². The van der Waals surface area contributed by atoms with E-state index in [9.17, 15) is 19.2 Å². The third-order valence-corrected chi connectivity index (χ3v) is 13.3. The Morgan fingerprint density at radius 1 is 0.355 bits per heavy atom. The van der Waals surface area contributed by atoms with Gasteiger partial charge in [-0.3, -0.25) is 0 Å². The lowest BCUT2D eigenvalue weighted by molar-refractivity contribution is -0.139. The number of benzene rings is 3. The van der Waals surface area contributed by atoms with Crippen molar-refractivity contribution in [2.45, 2.75) is 219 Å². The van der Waals surface area contributed by atoms with Crippen LogP contribution in [0.5, 0.6) is 23.0 Å². The first kappa shape index (κ1) is 64.8. The molecular formula is C64H92F2O10.